The Labute approximate surface area is 113 Å². The van der Waals surface area contributed by atoms with Crippen molar-refractivity contribution in [3.8, 4) is 0 Å². The van der Waals surface area contributed by atoms with Crippen molar-refractivity contribution < 1.29 is 9.59 Å². The molecule has 0 aliphatic carbocycles. The number of hydrogen-bond acceptors (Lipinski definition) is 3. The van der Waals surface area contributed by atoms with Crippen LogP contribution in [0, 0.1) is 0 Å². The Morgan fingerprint density at radius 1 is 1.47 bits per heavy atom. The normalized spacial score (nSPS) is 15.6. The van der Waals surface area contributed by atoms with Gasteiger partial charge in [0.15, 0.2) is 0 Å². The number of nitrogens with one attached hydrogen (secondary N) is 1. The van der Waals surface area contributed by atoms with E-state index in [-0.39, 0.29) is 18.4 Å². The fourth-order valence-electron chi connectivity index (χ4n) is 1.67. The lowest BCUT2D eigenvalue weighted by Crippen LogP contribution is -2.50. The molecule has 1 fully saturated rings. The number of nitrogens with zero attached hydrogens (tertiary/aromatic N) is 1. The molecule has 0 bridgehead atoms. The van der Waals surface area contributed by atoms with Crippen LogP contribution >= 0.6 is 28.6 Å². The Morgan fingerprint density at radius 3 is 2.88 bits per heavy atom. The first kappa shape index (κ1) is 12.4. The molecule has 2 rings (SSSR count). The first-order valence-electron chi connectivity index (χ1n) is 5.12. The van der Waals surface area contributed by atoms with Gasteiger partial charge < -0.3 is 10.2 Å². The van der Waals surface area contributed by atoms with Crippen LogP contribution in [-0.4, -0.2) is 36.3 Å². The number of halogens is 1. The maximum atomic E-state index is 12.2. The van der Waals surface area contributed by atoms with Gasteiger partial charge in [0.05, 0.1) is 12.1 Å². The van der Waals surface area contributed by atoms with E-state index in [0.29, 0.717) is 23.5 Å². The number of piperazine rings is 1. The molecule has 1 saturated heterocycles. The number of thiol groups is 1. The summed E-state index contributed by atoms with van der Waals surface area (Å²) in [5.74, 6) is -0.278. The monoisotopic (exact) mass is 314 g/mol. The standard InChI is InChI=1S/C11H11BrN2O2S/c12-7-1-2-8(9(17)5-7)11(16)14-4-3-13-10(15)6-14/h1-2,5,17H,3-4,6H2,(H,13,15). The van der Waals surface area contributed by atoms with E-state index in [4.69, 9.17) is 0 Å². The number of carbonyl (C=O) groups excluding carboxylic acids is 2. The Kier molecular flexibility index (Phi) is 3.73. The third kappa shape index (κ3) is 2.81. The van der Waals surface area contributed by atoms with Gasteiger partial charge in [-0.2, -0.15) is 0 Å². The van der Waals surface area contributed by atoms with Gasteiger partial charge in [-0.3, -0.25) is 9.59 Å². The van der Waals surface area contributed by atoms with Crippen molar-refractivity contribution in [3.63, 3.8) is 0 Å². The summed E-state index contributed by atoms with van der Waals surface area (Å²) in [5, 5.41) is 2.68. The van der Waals surface area contributed by atoms with Crippen LogP contribution in [0.4, 0.5) is 0 Å². The number of rotatable bonds is 1. The molecule has 0 unspecified atom stereocenters. The Hall–Kier alpha value is -1.01. The lowest BCUT2D eigenvalue weighted by atomic mass is 10.2. The SMILES string of the molecule is O=C1CN(C(=O)c2ccc(Br)cc2S)CCN1. The molecule has 1 aromatic rings. The summed E-state index contributed by atoms with van der Waals surface area (Å²) in [6.07, 6.45) is 0. The largest absolute Gasteiger partial charge is 0.353 e. The molecule has 1 aliphatic heterocycles. The predicted molar refractivity (Wildman–Crippen MR) is 70.3 cm³/mol. The second-order valence-electron chi connectivity index (χ2n) is 3.74. The Bertz CT molecular complexity index is 479. The highest BCUT2D eigenvalue weighted by Crippen LogP contribution is 2.21. The van der Waals surface area contributed by atoms with Crippen LogP contribution < -0.4 is 5.32 Å². The van der Waals surface area contributed by atoms with Crippen molar-refractivity contribution >= 4 is 40.4 Å². The average Bonchev–Trinajstić information content (AvgIpc) is 2.28. The molecule has 1 heterocycles. The van der Waals surface area contributed by atoms with Crippen LogP contribution in [0.5, 0.6) is 0 Å². The molecular weight excluding hydrogens is 304 g/mol. The summed E-state index contributed by atoms with van der Waals surface area (Å²) < 4.78 is 0.871. The third-order valence-corrected chi connectivity index (χ3v) is 3.38. The van der Waals surface area contributed by atoms with Gasteiger partial charge in [-0.1, -0.05) is 15.9 Å². The van der Waals surface area contributed by atoms with Gasteiger partial charge in [0.1, 0.15) is 0 Å². The maximum absolute atomic E-state index is 12.2. The third-order valence-electron chi connectivity index (χ3n) is 2.52. The zero-order chi connectivity index (χ0) is 12.4. The van der Waals surface area contributed by atoms with E-state index in [1.54, 1.807) is 18.2 Å². The molecule has 1 aliphatic rings. The van der Waals surface area contributed by atoms with E-state index >= 15 is 0 Å². The van der Waals surface area contributed by atoms with Crippen LogP contribution in [0.1, 0.15) is 10.4 Å². The van der Waals surface area contributed by atoms with Gasteiger partial charge in [-0.15, -0.1) is 12.6 Å². The van der Waals surface area contributed by atoms with Crippen LogP contribution in [0.3, 0.4) is 0 Å². The lowest BCUT2D eigenvalue weighted by molar-refractivity contribution is -0.123. The second kappa shape index (κ2) is 5.10. The highest BCUT2D eigenvalue weighted by Gasteiger charge is 2.23. The molecule has 1 N–H and O–H groups in total. The zero-order valence-electron chi connectivity index (χ0n) is 8.94. The molecule has 0 saturated carbocycles. The zero-order valence-corrected chi connectivity index (χ0v) is 11.4. The van der Waals surface area contributed by atoms with E-state index in [9.17, 15) is 9.59 Å². The van der Waals surface area contributed by atoms with E-state index in [0.717, 1.165) is 4.47 Å². The molecule has 4 nitrogen and oxygen atoms in total. The van der Waals surface area contributed by atoms with Gasteiger partial charge in [-0.05, 0) is 18.2 Å². The lowest BCUT2D eigenvalue weighted by Gasteiger charge is -2.27. The van der Waals surface area contributed by atoms with E-state index in [1.165, 1.54) is 4.90 Å². The topological polar surface area (TPSA) is 49.4 Å². The van der Waals surface area contributed by atoms with Gasteiger partial charge in [0.2, 0.25) is 5.91 Å². The van der Waals surface area contributed by atoms with Crippen LogP contribution in [0.25, 0.3) is 0 Å². The summed E-state index contributed by atoms with van der Waals surface area (Å²) in [4.78, 5) is 25.5. The molecule has 0 aromatic heterocycles. The average molecular weight is 315 g/mol. The Balaban J connectivity index is 2.21. The van der Waals surface area contributed by atoms with Crippen molar-refractivity contribution in [2.24, 2.45) is 0 Å². The predicted octanol–water partition coefficient (Wildman–Crippen LogP) is 1.31. The first-order chi connectivity index (χ1) is 8.08. The van der Waals surface area contributed by atoms with E-state index in [2.05, 4.69) is 33.9 Å². The minimum absolute atomic E-state index is 0.113. The van der Waals surface area contributed by atoms with Crippen molar-refractivity contribution in [1.29, 1.82) is 0 Å². The smallest absolute Gasteiger partial charge is 0.255 e. The summed E-state index contributed by atoms with van der Waals surface area (Å²) in [6, 6.07) is 5.26. The van der Waals surface area contributed by atoms with E-state index in [1.807, 2.05) is 0 Å². The minimum Gasteiger partial charge on any atom is -0.353 e. The van der Waals surface area contributed by atoms with Gasteiger partial charge in [-0.25, -0.2) is 0 Å². The first-order valence-corrected chi connectivity index (χ1v) is 6.36. The number of amides is 2. The van der Waals surface area contributed by atoms with Gasteiger partial charge >= 0.3 is 0 Å². The number of carbonyl (C=O) groups is 2. The van der Waals surface area contributed by atoms with Crippen molar-refractivity contribution in [2.75, 3.05) is 19.6 Å². The fraction of sp³-hybridized carbons (Fsp3) is 0.273. The quantitative estimate of drug-likeness (QED) is 0.768. The van der Waals surface area contributed by atoms with Gasteiger partial charge in [0.25, 0.3) is 5.91 Å². The molecular formula is C11H11BrN2O2S. The number of benzene rings is 1. The molecule has 0 spiro atoms. The maximum Gasteiger partial charge on any atom is 0.255 e. The summed E-state index contributed by atoms with van der Waals surface area (Å²) in [6.45, 7) is 1.15. The second-order valence-corrected chi connectivity index (χ2v) is 5.14. The summed E-state index contributed by atoms with van der Waals surface area (Å²) >= 11 is 7.58. The summed E-state index contributed by atoms with van der Waals surface area (Å²) in [7, 11) is 0. The van der Waals surface area contributed by atoms with Crippen molar-refractivity contribution in [2.45, 2.75) is 4.90 Å². The summed E-state index contributed by atoms with van der Waals surface area (Å²) in [5.41, 5.74) is 0.520. The van der Waals surface area contributed by atoms with Crippen molar-refractivity contribution in [1.82, 2.24) is 10.2 Å². The molecule has 6 heteroatoms. The Morgan fingerprint density at radius 2 is 2.24 bits per heavy atom. The van der Waals surface area contributed by atoms with Crippen LogP contribution in [0.15, 0.2) is 27.6 Å². The number of hydrogen-bond donors (Lipinski definition) is 2. The fourth-order valence-corrected chi connectivity index (χ4v) is 2.52. The molecule has 17 heavy (non-hydrogen) atoms. The molecule has 0 atom stereocenters. The van der Waals surface area contributed by atoms with E-state index < -0.39 is 0 Å². The molecule has 2 amide bonds. The van der Waals surface area contributed by atoms with Gasteiger partial charge in [0, 0.05) is 22.5 Å². The molecule has 1 aromatic carbocycles. The van der Waals surface area contributed by atoms with Crippen LogP contribution in [-0.2, 0) is 4.79 Å². The van der Waals surface area contributed by atoms with Crippen LogP contribution in [0.2, 0.25) is 0 Å². The highest BCUT2D eigenvalue weighted by atomic mass is 79.9. The molecule has 0 radical (unpaired) electrons. The molecule has 90 valence electrons. The highest BCUT2D eigenvalue weighted by molar-refractivity contribution is 9.10. The van der Waals surface area contributed by atoms with Crippen molar-refractivity contribution in [3.05, 3.63) is 28.2 Å². The minimum atomic E-state index is -0.155.